The zero-order valence-electron chi connectivity index (χ0n) is 9.85. The number of nitrogen functional groups attached to an aromatic ring is 1. The lowest BCUT2D eigenvalue weighted by molar-refractivity contribution is 0.0922. The quantitative estimate of drug-likeness (QED) is 0.546. The Bertz CT molecular complexity index is 335. The molecule has 0 radical (unpaired) electrons. The van der Waals surface area contributed by atoms with Gasteiger partial charge in [-0.1, -0.05) is 0 Å². The topological polar surface area (TPSA) is 103 Å². The molecule has 1 aromatic rings. The lowest BCUT2D eigenvalue weighted by Crippen LogP contribution is -2.10. The van der Waals surface area contributed by atoms with Gasteiger partial charge in [0, 0.05) is 13.2 Å². The van der Waals surface area contributed by atoms with Gasteiger partial charge in [0.05, 0.1) is 20.3 Å². The van der Waals surface area contributed by atoms with E-state index in [0.29, 0.717) is 37.1 Å². The number of methoxy groups -OCH3 is 1. The van der Waals surface area contributed by atoms with Crippen molar-refractivity contribution in [3.63, 3.8) is 0 Å². The van der Waals surface area contributed by atoms with Gasteiger partial charge in [0.15, 0.2) is 11.6 Å². The molecule has 1 aromatic heterocycles. The summed E-state index contributed by atoms with van der Waals surface area (Å²) in [5.41, 5.74) is 5.63. The van der Waals surface area contributed by atoms with Gasteiger partial charge in [-0.2, -0.15) is 0 Å². The van der Waals surface area contributed by atoms with E-state index >= 15 is 0 Å². The lowest BCUT2D eigenvalue weighted by atomic mass is 10.4. The zero-order chi connectivity index (χ0) is 12.5. The molecule has 0 unspecified atom stereocenters. The van der Waals surface area contributed by atoms with Crippen molar-refractivity contribution in [2.75, 3.05) is 44.5 Å². The summed E-state index contributed by atoms with van der Waals surface area (Å²) < 4.78 is 10.2. The third-order valence-corrected chi connectivity index (χ3v) is 2.03. The largest absolute Gasteiger partial charge is 0.490 e. The zero-order valence-corrected chi connectivity index (χ0v) is 9.85. The van der Waals surface area contributed by atoms with Crippen molar-refractivity contribution in [1.29, 1.82) is 0 Å². The van der Waals surface area contributed by atoms with E-state index in [2.05, 4.69) is 15.3 Å². The van der Waals surface area contributed by atoms with Crippen LogP contribution in [0, 0.1) is 0 Å². The standard InChI is InChI=1S/C10H18N4O3/c1-16-8-9(11)13-7-14-10(8)12-3-2-5-17-6-4-15/h7,15H,2-6H2,1H3,(H3,11,12,13,14). The summed E-state index contributed by atoms with van der Waals surface area (Å²) in [5, 5.41) is 11.6. The minimum absolute atomic E-state index is 0.0453. The summed E-state index contributed by atoms with van der Waals surface area (Å²) in [7, 11) is 1.52. The predicted octanol–water partition coefficient (Wildman–Crippen LogP) is -0.122. The molecule has 0 aliphatic heterocycles. The van der Waals surface area contributed by atoms with Crippen LogP contribution in [0.15, 0.2) is 6.33 Å². The van der Waals surface area contributed by atoms with E-state index in [1.165, 1.54) is 13.4 Å². The number of ether oxygens (including phenoxy) is 2. The van der Waals surface area contributed by atoms with Crippen LogP contribution in [-0.2, 0) is 4.74 Å². The summed E-state index contributed by atoms with van der Waals surface area (Å²) in [5.74, 6) is 1.33. The molecule has 0 atom stereocenters. The first-order valence-corrected chi connectivity index (χ1v) is 5.36. The van der Waals surface area contributed by atoms with E-state index in [0.717, 1.165) is 6.42 Å². The smallest absolute Gasteiger partial charge is 0.203 e. The molecule has 0 saturated carbocycles. The maximum atomic E-state index is 8.51. The summed E-state index contributed by atoms with van der Waals surface area (Å²) in [6, 6.07) is 0. The van der Waals surface area contributed by atoms with Crippen LogP contribution in [0.25, 0.3) is 0 Å². The molecule has 7 nitrogen and oxygen atoms in total. The molecular weight excluding hydrogens is 224 g/mol. The van der Waals surface area contributed by atoms with Crippen molar-refractivity contribution in [3.8, 4) is 5.75 Å². The van der Waals surface area contributed by atoms with Crippen LogP contribution < -0.4 is 15.8 Å². The first kappa shape index (κ1) is 13.5. The first-order chi connectivity index (χ1) is 8.29. The molecular formula is C10H18N4O3. The van der Waals surface area contributed by atoms with Crippen LogP contribution in [0.3, 0.4) is 0 Å². The number of nitrogens with two attached hydrogens (primary N) is 1. The summed E-state index contributed by atoms with van der Waals surface area (Å²) in [6.07, 6.45) is 2.18. The van der Waals surface area contributed by atoms with E-state index in [9.17, 15) is 0 Å². The molecule has 0 aliphatic carbocycles. The van der Waals surface area contributed by atoms with Crippen molar-refractivity contribution in [3.05, 3.63) is 6.33 Å². The Kier molecular flexibility index (Phi) is 6.05. The Morgan fingerprint density at radius 2 is 2.24 bits per heavy atom. The van der Waals surface area contributed by atoms with Gasteiger partial charge in [0.1, 0.15) is 6.33 Å². The van der Waals surface area contributed by atoms with Crippen molar-refractivity contribution < 1.29 is 14.6 Å². The van der Waals surface area contributed by atoms with Gasteiger partial charge in [-0.05, 0) is 6.42 Å². The Balaban J connectivity index is 2.33. The molecule has 0 spiro atoms. The lowest BCUT2D eigenvalue weighted by Gasteiger charge is -2.10. The normalized spacial score (nSPS) is 10.2. The highest BCUT2D eigenvalue weighted by molar-refractivity contribution is 5.61. The number of aliphatic hydroxyl groups is 1. The van der Waals surface area contributed by atoms with Crippen LogP contribution in [0.2, 0.25) is 0 Å². The minimum Gasteiger partial charge on any atom is -0.490 e. The predicted molar refractivity (Wildman–Crippen MR) is 64.0 cm³/mol. The van der Waals surface area contributed by atoms with Crippen molar-refractivity contribution in [1.82, 2.24) is 9.97 Å². The molecule has 96 valence electrons. The molecule has 0 amide bonds. The number of rotatable bonds is 8. The fourth-order valence-corrected chi connectivity index (χ4v) is 1.26. The highest BCUT2D eigenvalue weighted by Crippen LogP contribution is 2.25. The number of nitrogens with one attached hydrogen (secondary N) is 1. The third-order valence-electron chi connectivity index (χ3n) is 2.03. The molecule has 7 heteroatoms. The van der Waals surface area contributed by atoms with Crippen LogP contribution in [0.5, 0.6) is 5.75 Å². The molecule has 17 heavy (non-hydrogen) atoms. The molecule has 0 aromatic carbocycles. The number of aliphatic hydroxyl groups excluding tert-OH is 1. The SMILES string of the molecule is COc1c(N)ncnc1NCCCOCCO. The summed E-state index contributed by atoms with van der Waals surface area (Å²) in [6.45, 7) is 1.67. The van der Waals surface area contributed by atoms with Crippen LogP contribution in [-0.4, -0.2) is 48.5 Å². The molecule has 1 heterocycles. The number of anilines is 2. The van der Waals surface area contributed by atoms with Crippen LogP contribution in [0.4, 0.5) is 11.6 Å². The highest BCUT2D eigenvalue weighted by Gasteiger charge is 2.08. The second-order valence-corrected chi connectivity index (χ2v) is 3.26. The van der Waals surface area contributed by atoms with E-state index in [1.807, 2.05) is 0 Å². The molecule has 1 rings (SSSR count). The Labute approximate surface area is 100.0 Å². The van der Waals surface area contributed by atoms with Crippen LogP contribution >= 0.6 is 0 Å². The van der Waals surface area contributed by atoms with E-state index < -0.39 is 0 Å². The average Bonchev–Trinajstić information content (AvgIpc) is 2.34. The van der Waals surface area contributed by atoms with E-state index in [4.69, 9.17) is 20.3 Å². The number of hydrogen-bond acceptors (Lipinski definition) is 7. The van der Waals surface area contributed by atoms with E-state index in [-0.39, 0.29) is 6.61 Å². The van der Waals surface area contributed by atoms with Crippen molar-refractivity contribution >= 4 is 11.6 Å². The van der Waals surface area contributed by atoms with Gasteiger partial charge in [0.2, 0.25) is 5.75 Å². The highest BCUT2D eigenvalue weighted by atomic mass is 16.5. The average molecular weight is 242 g/mol. The van der Waals surface area contributed by atoms with Crippen molar-refractivity contribution in [2.24, 2.45) is 0 Å². The maximum Gasteiger partial charge on any atom is 0.203 e. The van der Waals surface area contributed by atoms with Gasteiger partial charge in [-0.3, -0.25) is 0 Å². The molecule has 4 N–H and O–H groups in total. The number of aromatic nitrogens is 2. The fraction of sp³-hybridized carbons (Fsp3) is 0.600. The monoisotopic (exact) mass is 242 g/mol. The Morgan fingerprint density at radius 3 is 2.94 bits per heavy atom. The maximum absolute atomic E-state index is 8.51. The van der Waals surface area contributed by atoms with Crippen molar-refractivity contribution in [2.45, 2.75) is 6.42 Å². The minimum atomic E-state index is 0.0453. The second-order valence-electron chi connectivity index (χ2n) is 3.26. The summed E-state index contributed by atoms with van der Waals surface area (Å²) in [4.78, 5) is 7.86. The molecule has 0 aliphatic rings. The van der Waals surface area contributed by atoms with Gasteiger partial charge >= 0.3 is 0 Å². The number of nitrogens with zero attached hydrogens (tertiary/aromatic N) is 2. The van der Waals surface area contributed by atoms with Gasteiger partial charge < -0.3 is 25.6 Å². The second kappa shape index (κ2) is 7.64. The van der Waals surface area contributed by atoms with E-state index in [1.54, 1.807) is 0 Å². The van der Waals surface area contributed by atoms with Gasteiger partial charge in [-0.25, -0.2) is 9.97 Å². The summed E-state index contributed by atoms with van der Waals surface area (Å²) >= 11 is 0. The molecule has 0 saturated heterocycles. The Hall–Kier alpha value is -1.60. The van der Waals surface area contributed by atoms with Gasteiger partial charge in [0.25, 0.3) is 0 Å². The van der Waals surface area contributed by atoms with Gasteiger partial charge in [-0.15, -0.1) is 0 Å². The molecule has 0 bridgehead atoms. The molecule has 0 fully saturated rings. The third kappa shape index (κ3) is 4.41. The first-order valence-electron chi connectivity index (χ1n) is 5.36. The number of hydrogen-bond donors (Lipinski definition) is 3. The Morgan fingerprint density at radius 1 is 1.41 bits per heavy atom. The van der Waals surface area contributed by atoms with Crippen LogP contribution in [0.1, 0.15) is 6.42 Å². The fourth-order valence-electron chi connectivity index (χ4n) is 1.26.